The highest BCUT2D eigenvalue weighted by molar-refractivity contribution is 6.67. The third-order valence-corrected chi connectivity index (χ3v) is 9.52. The Balaban J connectivity index is 1.89. The normalized spacial score (nSPS) is 36.6. The molecule has 11 heteroatoms. The van der Waals surface area contributed by atoms with Gasteiger partial charge in [-0.25, -0.2) is 9.69 Å². The van der Waals surface area contributed by atoms with E-state index in [1.165, 1.54) is 24.3 Å². The van der Waals surface area contributed by atoms with Gasteiger partial charge in [0.25, 0.3) is 0 Å². The number of carbonyl (C=O) groups excluding carboxylic acids is 2. The number of halogens is 6. The minimum atomic E-state index is -2.01. The minimum Gasteiger partial charge on any atom is -0.478 e. The molecular weight excluding hydrogens is 483 g/mol. The van der Waals surface area contributed by atoms with Crippen LogP contribution in [0.2, 0.25) is 0 Å². The first-order valence-electron chi connectivity index (χ1n) is 7.45. The van der Waals surface area contributed by atoms with E-state index in [2.05, 4.69) is 0 Å². The molecule has 4 rings (SSSR count). The van der Waals surface area contributed by atoms with Crippen LogP contribution in [0.25, 0.3) is 0 Å². The molecule has 0 radical (unpaired) electrons. The van der Waals surface area contributed by atoms with Crippen molar-refractivity contribution in [2.45, 2.75) is 14.1 Å². The molecule has 0 unspecified atom stereocenters. The lowest BCUT2D eigenvalue weighted by Gasteiger charge is -2.34. The van der Waals surface area contributed by atoms with Crippen LogP contribution in [0.1, 0.15) is 10.4 Å². The summed E-state index contributed by atoms with van der Waals surface area (Å²) in [6.07, 6.45) is 0. The number of hydrogen-bond donors (Lipinski definition) is 1. The molecule has 0 spiro atoms. The number of nitrogens with zero attached hydrogens (tertiary/aromatic N) is 1. The van der Waals surface area contributed by atoms with E-state index in [9.17, 15) is 14.4 Å². The number of benzene rings is 1. The summed E-state index contributed by atoms with van der Waals surface area (Å²) in [5.41, 5.74) is -0.0475. The molecule has 3 aliphatic rings. The predicted octanol–water partition coefficient (Wildman–Crippen LogP) is 4.34. The van der Waals surface area contributed by atoms with E-state index < -0.39 is 43.7 Å². The van der Waals surface area contributed by atoms with Crippen LogP contribution in [0.4, 0.5) is 5.69 Å². The van der Waals surface area contributed by atoms with Crippen LogP contribution in [0.3, 0.4) is 0 Å². The quantitative estimate of drug-likeness (QED) is 0.495. The average Bonchev–Trinajstić information content (AvgIpc) is 2.99. The minimum absolute atomic E-state index is 0.0567. The lowest BCUT2D eigenvalue weighted by molar-refractivity contribution is -0.123. The third-order valence-electron chi connectivity index (χ3n) is 5.26. The lowest BCUT2D eigenvalue weighted by atomic mass is 9.84. The number of allylic oxidation sites excluding steroid dienone is 2. The summed E-state index contributed by atoms with van der Waals surface area (Å²) in [4.78, 5) is 34.5. The molecule has 5 nitrogen and oxygen atoms in total. The molecule has 1 heterocycles. The van der Waals surface area contributed by atoms with Gasteiger partial charge in [0.15, 0.2) is 4.33 Å². The van der Waals surface area contributed by atoms with E-state index in [0.29, 0.717) is 0 Å². The van der Waals surface area contributed by atoms with Crippen molar-refractivity contribution in [1.82, 2.24) is 0 Å². The summed E-state index contributed by atoms with van der Waals surface area (Å²) < 4.78 is -2.01. The number of rotatable bonds is 2. The maximum atomic E-state index is 13.1. The molecule has 1 saturated carbocycles. The van der Waals surface area contributed by atoms with Gasteiger partial charge in [-0.05, 0) is 18.2 Å². The highest BCUT2D eigenvalue weighted by Crippen LogP contribution is 2.77. The second-order valence-electron chi connectivity index (χ2n) is 6.45. The number of imide groups is 1. The van der Waals surface area contributed by atoms with Crippen LogP contribution in [0, 0.1) is 11.8 Å². The Morgan fingerprint density at radius 3 is 1.89 bits per heavy atom. The SMILES string of the molecule is O=C(O)c1cccc(N2C(=O)[C@H]3[C@H](C2=O)[C@@]2(Cl)C(Cl)=C(Cl)[C@@]3(Cl)C2(Cl)Cl)c1. The standard InChI is InChI=1S/C16H7Cl6NO4/c17-9-10(18)15(20)8-7(14(9,19)16(15,21)22)11(24)23(12(8)25)6-3-1-2-5(4-6)13(26)27/h1-4,7-8H,(H,26,27)/t7-,8-,14-,15-/m1/s1. The van der Waals surface area contributed by atoms with Crippen LogP contribution in [0.15, 0.2) is 34.3 Å². The summed E-state index contributed by atoms with van der Waals surface area (Å²) in [5.74, 6) is -5.21. The number of amides is 2. The summed E-state index contributed by atoms with van der Waals surface area (Å²) in [7, 11) is 0. The van der Waals surface area contributed by atoms with Crippen molar-refractivity contribution in [3.63, 3.8) is 0 Å². The molecular formula is C16H7Cl6NO4. The number of aromatic carboxylic acids is 1. The molecule has 2 bridgehead atoms. The molecule has 0 aromatic heterocycles. The lowest BCUT2D eigenvalue weighted by Crippen LogP contribution is -2.50. The van der Waals surface area contributed by atoms with Gasteiger partial charge in [-0.15, -0.1) is 23.2 Å². The molecule has 1 N–H and O–H groups in total. The van der Waals surface area contributed by atoms with Crippen molar-refractivity contribution in [1.29, 1.82) is 0 Å². The Kier molecular flexibility index (Phi) is 4.13. The number of carbonyl (C=O) groups is 3. The Morgan fingerprint density at radius 1 is 0.963 bits per heavy atom. The van der Waals surface area contributed by atoms with E-state index in [4.69, 9.17) is 74.7 Å². The number of carboxylic acids is 1. The maximum absolute atomic E-state index is 13.1. The highest BCUT2D eigenvalue weighted by Gasteiger charge is 2.87. The number of alkyl halides is 4. The number of carboxylic acid groups (broad SMARTS) is 1. The van der Waals surface area contributed by atoms with Crippen LogP contribution in [0.5, 0.6) is 0 Å². The third kappa shape index (κ3) is 1.98. The molecule has 2 amide bonds. The number of fused-ring (bicyclic) bond motifs is 5. The summed E-state index contributed by atoms with van der Waals surface area (Å²) >= 11 is 38.4. The number of hydrogen-bond acceptors (Lipinski definition) is 3. The largest absolute Gasteiger partial charge is 0.478 e. The van der Waals surface area contributed by atoms with Crippen LogP contribution >= 0.6 is 69.6 Å². The molecule has 4 atom stereocenters. The zero-order valence-electron chi connectivity index (χ0n) is 12.9. The molecule has 142 valence electrons. The fourth-order valence-electron chi connectivity index (χ4n) is 4.03. The summed E-state index contributed by atoms with van der Waals surface area (Å²) in [6.45, 7) is 0. The first kappa shape index (κ1) is 19.6. The summed E-state index contributed by atoms with van der Waals surface area (Å²) in [6, 6.07) is 5.33. The molecule has 2 aliphatic carbocycles. The van der Waals surface area contributed by atoms with Crippen LogP contribution in [-0.2, 0) is 9.59 Å². The smallest absolute Gasteiger partial charge is 0.335 e. The van der Waals surface area contributed by atoms with E-state index >= 15 is 0 Å². The van der Waals surface area contributed by atoms with E-state index in [1.807, 2.05) is 0 Å². The van der Waals surface area contributed by atoms with Gasteiger partial charge < -0.3 is 5.11 Å². The Morgan fingerprint density at radius 2 is 1.44 bits per heavy atom. The average molecular weight is 490 g/mol. The van der Waals surface area contributed by atoms with Crippen molar-refractivity contribution in [2.24, 2.45) is 11.8 Å². The fourth-order valence-corrected chi connectivity index (χ4v) is 6.96. The van der Waals surface area contributed by atoms with Gasteiger partial charge in [0.05, 0.1) is 33.2 Å². The van der Waals surface area contributed by atoms with Gasteiger partial charge in [-0.2, -0.15) is 0 Å². The predicted molar refractivity (Wildman–Crippen MR) is 103 cm³/mol. The topological polar surface area (TPSA) is 74.7 Å². The van der Waals surface area contributed by atoms with Crippen molar-refractivity contribution in [3.8, 4) is 0 Å². The monoisotopic (exact) mass is 487 g/mol. The van der Waals surface area contributed by atoms with Gasteiger partial charge >= 0.3 is 5.97 Å². The molecule has 1 saturated heterocycles. The number of anilines is 1. The fraction of sp³-hybridized carbons (Fsp3) is 0.312. The van der Waals surface area contributed by atoms with Gasteiger partial charge in [0.1, 0.15) is 9.75 Å². The van der Waals surface area contributed by atoms with Gasteiger partial charge in [-0.3, -0.25) is 9.59 Å². The van der Waals surface area contributed by atoms with Crippen molar-refractivity contribution in [2.75, 3.05) is 4.90 Å². The van der Waals surface area contributed by atoms with E-state index in [0.717, 1.165) is 4.90 Å². The summed E-state index contributed by atoms with van der Waals surface area (Å²) in [5, 5.41) is 8.78. The van der Waals surface area contributed by atoms with Crippen LogP contribution in [-0.4, -0.2) is 37.0 Å². The second-order valence-corrected chi connectivity index (χ2v) is 9.72. The molecule has 1 aliphatic heterocycles. The highest BCUT2D eigenvalue weighted by atomic mass is 35.5. The van der Waals surface area contributed by atoms with Crippen LogP contribution < -0.4 is 4.90 Å². The first-order chi connectivity index (χ1) is 12.4. The van der Waals surface area contributed by atoms with E-state index in [-0.39, 0.29) is 21.3 Å². The maximum Gasteiger partial charge on any atom is 0.335 e. The van der Waals surface area contributed by atoms with E-state index in [1.54, 1.807) is 0 Å². The van der Waals surface area contributed by atoms with Crippen molar-refractivity contribution < 1.29 is 19.5 Å². The second kappa shape index (κ2) is 5.68. The Labute approximate surface area is 182 Å². The van der Waals surface area contributed by atoms with Crippen molar-refractivity contribution >= 4 is 93.1 Å². The molecule has 1 aromatic carbocycles. The molecule has 27 heavy (non-hydrogen) atoms. The zero-order valence-corrected chi connectivity index (χ0v) is 17.4. The van der Waals surface area contributed by atoms with Gasteiger partial charge in [-0.1, -0.05) is 52.5 Å². The van der Waals surface area contributed by atoms with Gasteiger partial charge in [0, 0.05) is 0 Å². The molecule has 1 aromatic rings. The van der Waals surface area contributed by atoms with Gasteiger partial charge in [0.2, 0.25) is 11.8 Å². The molecule has 2 fully saturated rings. The Hall–Kier alpha value is -0.690. The van der Waals surface area contributed by atoms with Crippen molar-refractivity contribution in [3.05, 3.63) is 39.9 Å². The zero-order chi connectivity index (χ0) is 20.1. The Bertz CT molecular complexity index is 931. The first-order valence-corrected chi connectivity index (χ1v) is 9.72.